The number of nitrogens with two attached hydrogens (primary N) is 1. The van der Waals surface area contributed by atoms with Crippen LogP contribution in [0.3, 0.4) is 0 Å². The first kappa shape index (κ1) is 13.3. The molecule has 0 bridgehead atoms. The topological polar surface area (TPSA) is 107 Å². The van der Waals surface area contributed by atoms with Gasteiger partial charge in [0.2, 0.25) is 11.6 Å². The van der Waals surface area contributed by atoms with E-state index in [0.717, 1.165) is 24.8 Å². The van der Waals surface area contributed by atoms with E-state index in [0.29, 0.717) is 0 Å². The fourth-order valence-electron chi connectivity index (χ4n) is 2.75. The predicted molar refractivity (Wildman–Crippen MR) is 78.8 cm³/mol. The van der Waals surface area contributed by atoms with Gasteiger partial charge in [0.1, 0.15) is 6.33 Å². The van der Waals surface area contributed by atoms with Gasteiger partial charge in [-0.15, -0.1) is 0 Å². The SMILES string of the molecule is Nc1ncnc(NC2CCCc3ccccc32)c1[N+](=O)[O-]. The molecule has 1 aromatic carbocycles. The minimum absolute atomic E-state index is 0.00273. The molecule has 21 heavy (non-hydrogen) atoms. The molecule has 2 aromatic rings. The first-order chi connectivity index (χ1) is 10.2. The van der Waals surface area contributed by atoms with Gasteiger partial charge in [-0.3, -0.25) is 10.1 Å². The summed E-state index contributed by atoms with van der Waals surface area (Å²) in [4.78, 5) is 18.3. The molecule has 0 amide bonds. The highest BCUT2D eigenvalue weighted by Crippen LogP contribution is 2.35. The monoisotopic (exact) mass is 285 g/mol. The molecule has 0 saturated heterocycles. The number of aromatic nitrogens is 2. The van der Waals surface area contributed by atoms with E-state index >= 15 is 0 Å². The highest BCUT2D eigenvalue weighted by atomic mass is 16.6. The zero-order chi connectivity index (χ0) is 14.8. The average molecular weight is 285 g/mol. The number of aryl methyl sites for hydroxylation is 1. The molecule has 108 valence electrons. The summed E-state index contributed by atoms with van der Waals surface area (Å²) in [6.07, 6.45) is 4.20. The van der Waals surface area contributed by atoms with E-state index in [4.69, 9.17) is 5.73 Å². The summed E-state index contributed by atoms with van der Waals surface area (Å²) < 4.78 is 0. The normalized spacial score (nSPS) is 17.0. The Hall–Kier alpha value is -2.70. The minimum atomic E-state index is -0.549. The third-order valence-corrected chi connectivity index (χ3v) is 3.71. The van der Waals surface area contributed by atoms with Gasteiger partial charge in [0, 0.05) is 0 Å². The van der Waals surface area contributed by atoms with Crippen molar-refractivity contribution >= 4 is 17.3 Å². The maximum atomic E-state index is 11.1. The van der Waals surface area contributed by atoms with E-state index in [2.05, 4.69) is 21.4 Å². The Balaban J connectivity index is 1.96. The highest BCUT2D eigenvalue weighted by Gasteiger charge is 2.26. The van der Waals surface area contributed by atoms with Gasteiger partial charge in [0.25, 0.3) is 0 Å². The number of fused-ring (bicyclic) bond motifs is 1. The smallest absolute Gasteiger partial charge is 0.353 e. The van der Waals surface area contributed by atoms with Gasteiger partial charge in [-0.05, 0) is 30.4 Å². The molecule has 1 aliphatic rings. The highest BCUT2D eigenvalue weighted by molar-refractivity contribution is 5.67. The first-order valence-electron chi connectivity index (χ1n) is 6.76. The molecule has 7 heteroatoms. The Morgan fingerprint density at radius 3 is 2.95 bits per heavy atom. The van der Waals surface area contributed by atoms with Crippen molar-refractivity contribution in [2.75, 3.05) is 11.1 Å². The molecule has 0 saturated carbocycles. The number of rotatable bonds is 3. The second-order valence-corrected chi connectivity index (χ2v) is 5.00. The quantitative estimate of drug-likeness (QED) is 0.662. The van der Waals surface area contributed by atoms with Crippen LogP contribution < -0.4 is 11.1 Å². The molecule has 1 atom stereocenters. The van der Waals surface area contributed by atoms with Gasteiger partial charge in [-0.2, -0.15) is 0 Å². The maximum Gasteiger partial charge on any atom is 0.353 e. The number of nitrogens with zero attached hydrogens (tertiary/aromatic N) is 3. The van der Waals surface area contributed by atoms with Gasteiger partial charge in [-0.25, -0.2) is 9.97 Å². The number of nitrogen functional groups attached to an aromatic ring is 1. The summed E-state index contributed by atoms with van der Waals surface area (Å²) >= 11 is 0. The number of nitro groups is 1. The Labute approximate surface area is 121 Å². The van der Waals surface area contributed by atoms with Gasteiger partial charge in [0.05, 0.1) is 11.0 Å². The van der Waals surface area contributed by atoms with Crippen molar-refractivity contribution in [1.29, 1.82) is 0 Å². The van der Waals surface area contributed by atoms with Crippen LogP contribution >= 0.6 is 0 Å². The van der Waals surface area contributed by atoms with Gasteiger partial charge in [-0.1, -0.05) is 24.3 Å². The Morgan fingerprint density at radius 1 is 1.33 bits per heavy atom. The lowest BCUT2D eigenvalue weighted by Crippen LogP contribution is -2.19. The third kappa shape index (κ3) is 2.49. The summed E-state index contributed by atoms with van der Waals surface area (Å²) in [5.41, 5.74) is 7.76. The fourth-order valence-corrected chi connectivity index (χ4v) is 2.75. The molecule has 3 N–H and O–H groups in total. The van der Waals surface area contributed by atoms with Gasteiger partial charge in [0.15, 0.2) is 0 Å². The van der Waals surface area contributed by atoms with E-state index in [1.165, 1.54) is 11.9 Å². The van der Waals surface area contributed by atoms with Crippen LogP contribution in [-0.4, -0.2) is 14.9 Å². The second kappa shape index (κ2) is 5.35. The fraction of sp³-hybridized carbons (Fsp3) is 0.286. The Morgan fingerprint density at radius 2 is 2.14 bits per heavy atom. The summed E-state index contributed by atoms with van der Waals surface area (Å²) in [6, 6.07) is 8.12. The van der Waals surface area contributed by atoms with Crippen LogP contribution in [0.1, 0.15) is 30.0 Å². The van der Waals surface area contributed by atoms with Crippen LogP contribution in [0.15, 0.2) is 30.6 Å². The third-order valence-electron chi connectivity index (χ3n) is 3.71. The van der Waals surface area contributed by atoms with Crippen LogP contribution in [-0.2, 0) is 6.42 Å². The van der Waals surface area contributed by atoms with E-state index in [-0.39, 0.29) is 23.4 Å². The molecule has 0 spiro atoms. The Kier molecular flexibility index (Phi) is 3.39. The first-order valence-corrected chi connectivity index (χ1v) is 6.76. The summed E-state index contributed by atoms with van der Waals surface area (Å²) in [7, 11) is 0. The molecule has 0 fully saturated rings. The zero-order valence-electron chi connectivity index (χ0n) is 11.3. The zero-order valence-corrected chi connectivity index (χ0v) is 11.3. The van der Waals surface area contributed by atoms with Crippen molar-refractivity contribution in [3.63, 3.8) is 0 Å². The number of hydrogen-bond donors (Lipinski definition) is 2. The molecule has 1 heterocycles. The lowest BCUT2D eigenvalue weighted by atomic mass is 9.88. The van der Waals surface area contributed by atoms with Crippen LogP contribution in [0.5, 0.6) is 0 Å². The predicted octanol–water partition coefficient (Wildman–Crippen LogP) is 2.46. The second-order valence-electron chi connectivity index (χ2n) is 5.00. The van der Waals surface area contributed by atoms with E-state index in [1.807, 2.05) is 18.2 Å². The molecule has 1 aromatic heterocycles. The van der Waals surface area contributed by atoms with Crippen molar-refractivity contribution in [3.8, 4) is 0 Å². The molecule has 0 radical (unpaired) electrons. The van der Waals surface area contributed by atoms with Crippen molar-refractivity contribution in [2.24, 2.45) is 0 Å². The van der Waals surface area contributed by atoms with Crippen molar-refractivity contribution in [1.82, 2.24) is 9.97 Å². The van der Waals surface area contributed by atoms with Crippen molar-refractivity contribution < 1.29 is 4.92 Å². The van der Waals surface area contributed by atoms with Crippen LogP contribution in [0.4, 0.5) is 17.3 Å². The van der Waals surface area contributed by atoms with Gasteiger partial charge < -0.3 is 11.1 Å². The van der Waals surface area contributed by atoms with Crippen LogP contribution in [0, 0.1) is 10.1 Å². The molecule has 7 nitrogen and oxygen atoms in total. The number of nitrogens with one attached hydrogen (secondary N) is 1. The van der Waals surface area contributed by atoms with Crippen molar-refractivity contribution in [3.05, 3.63) is 51.8 Å². The standard InChI is InChI=1S/C14H15N5O2/c15-13-12(19(20)21)14(17-8-16-13)18-11-7-3-5-9-4-1-2-6-10(9)11/h1-2,4,6,8,11H,3,5,7H2,(H3,15,16,17,18). The largest absolute Gasteiger partial charge is 0.378 e. The lowest BCUT2D eigenvalue weighted by Gasteiger charge is -2.26. The van der Waals surface area contributed by atoms with Crippen LogP contribution in [0.2, 0.25) is 0 Å². The number of hydrogen-bond acceptors (Lipinski definition) is 6. The molecule has 1 aliphatic carbocycles. The molecule has 3 rings (SSSR count). The van der Waals surface area contributed by atoms with E-state index in [9.17, 15) is 10.1 Å². The average Bonchev–Trinajstić information content (AvgIpc) is 2.47. The molecular weight excluding hydrogens is 270 g/mol. The summed E-state index contributed by atoms with van der Waals surface area (Å²) in [5.74, 6) is 0.0517. The van der Waals surface area contributed by atoms with Crippen molar-refractivity contribution in [2.45, 2.75) is 25.3 Å². The molecule has 1 unspecified atom stereocenters. The number of benzene rings is 1. The van der Waals surface area contributed by atoms with Gasteiger partial charge >= 0.3 is 5.69 Å². The Bertz CT molecular complexity index is 689. The van der Waals surface area contributed by atoms with E-state index in [1.54, 1.807) is 0 Å². The lowest BCUT2D eigenvalue weighted by molar-refractivity contribution is -0.383. The minimum Gasteiger partial charge on any atom is -0.378 e. The van der Waals surface area contributed by atoms with E-state index < -0.39 is 4.92 Å². The molecular formula is C14H15N5O2. The summed E-state index contributed by atoms with van der Waals surface area (Å²) in [5, 5.41) is 14.3. The number of anilines is 2. The van der Waals surface area contributed by atoms with Crippen LogP contribution in [0.25, 0.3) is 0 Å². The summed E-state index contributed by atoms with van der Waals surface area (Å²) in [6.45, 7) is 0. The maximum absolute atomic E-state index is 11.1. The molecule has 0 aliphatic heterocycles.